The minimum absolute atomic E-state index is 0.0360. The third-order valence-electron chi connectivity index (χ3n) is 5.08. The molecule has 4 rings (SSSR count). The summed E-state index contributed by atoms with van der Waals surface area (Å²) in [7, 11) is 0. The zero-order valence-electron chi connectivity index (χ0n) is 16.9. The molecular formula is C23H23ClN4O3. The Balaban J connectivity index is 1.23. The van der Waals surface area contributed by atoms with Crippen LogP contribution in [0.15, 0.2) is 59.1 Å². The van der Waals surface area contributed by atoms with Gasteiger partial charge in [0.2, 0.25) is 11.8 Å². The van der Waals surface area contributed by atoms with Crippen molar-refractivity contribution >= 4 is 29.1 Å². The van der Waals surface area contributed by atoms with E-state index in [1.807, 2.05) is 41.3 Å². The van der Waals surface area contributed by atoms with Crippen molar-refractivity contribution in [3.63, 3.8) is 0 Å². The monoisotopic (exact) mass is 438 g/mol. The van der Waals surface area contributed by atoms with Crippen molar-refractivity contribution in [2.45, 2.75) is 19.4 Å². The number of benzene rings is 2. The Hall–Kier alpha value is -3.32. The fourth-order valence-electron chi connectivity index (χ4n) is 3.37. The molecule has 1 saturated heterocycles. The number of aromatic nitrogens is 1. The quantitative estimate of drug-likeness (QED) is 0.591. The normalized spacial score (nSPS) is 13.7. The van der Waals surface area contributed by atoms with Crippen LogP contribution in [0.4, 0.5) is 5.69 Å². The summed E-state index contributed by atoms with van der Waals surface area (Å²) in [5.41, 5.74) is 2.89. The number of amides is 2. The minimum atomic E-state index is -0.0666. The fraction of sp³-hybridized carbons (Fsp3) is 0.261. The Morgan fingerprint density at radius 1 is 1.16 bits per heavy atom. The number of hydrogen-bond donors (Lipinski definition) is 2. The van der Waals surface area contributed by atoms with Gasteiger partial charge in [-0.05, 0) is 42.0 Å². The number of carbonyl (C=O) groups is 2. The van der Waals surface area contributed by atoms with Gasteiger partial charge in [-0.1, -0.05) is 23.7 Å². The Morgan fingerprint density at radius 3 is 2.68 bits per heavy atom. The lowest BCUT2D eigenvalue weighted by Gasteiger charge is -2.28. The first-order valence-electron chi connectivity index (χ1n) is 10.1. The van der Waals surface area contributed by atoms with Crippen molar-refractivity contribution in [1.29, 1.82) is 0 Å². The van der Waals surface area contributed by atoms with Crippen molar-refractivity contribution in [2.24, 2.45) is 0 Å². The highest BCUT2D eigenvalue weighted by molar-refractivity contribution is 6.30. The average Bonchev–Trinajstić information content (AvgIpc) is 3.26. The van der Waals surface area contributed by atoms with Crippen LogP contribution in [0, 0.1) is 0 Å². The molecule has 2 amide bonds. The first-order chi connectivity index (χ1) is 15.1. The average molecular weight is 439 g/mol. The zero-order valence-corrected chi connectivity index (χ0v) is 17.7. The van der Waals surface area contributed by atoms with Gasteiger partial charge in [0.25, 0.3) is 0 Å². The summed E-state index contributed by atoms with van der Waals surface area (Å²) in [6, 6.07) is 15.2. The summed E-state index contributed by atoms with van der Waals surface area (Å²) in [5.74, 6) is 1.14. The van der Waals surface area contributed by atoms with Crippen LogP contribution >= 0.6 is 11.6 Å². The maximum atomic E-state index is 12.2. The molecule has 0 aliphatic carbocycles. The van der Waals surface area contributed by atoms with Crippen molar-refractivity contribution in [2.75, 3.05) is 24.5 Å². The molecule has 8 heteroatoms. The minimum Gasteiger partial charge on any atom is -0.441 e. The molecule has 1 fully saturated rings. The number of oxazole rings is 1. The Bertz CT molecular complexity index is 1050. The molecular weight excluding hydrogens is 416 g/mol. The number of carbonyl (C=O) groups excluding carboxylic acids is 2. The van der Waals surface area contributed by atoms with Gasteiger partial charge in [-0.2, -0.15) is 0 Å². The van der Waals surface area contributed by atoms with E-state index in [1.54, 1.807) is 18.3 Å². The number of rotatable bonds is 7. The molecule has 0 spiro atoms. The van der Waals surface area contributed by atoms with E-state index in [2.05, 4.69) is 15.6 Å². The number of piperazine rings is 1. The molecule has 3 aromatic rings. The molecule has 0 bridgehead atoms. The summed E-state index contributed by atoms with van der Waals surface area (Å²) in [5, 5.41) is 6.40. The van der Waals surface area contributed by atoms with Gasteiger partial charge in [-0.25, -0.2) is 4.98 Å². The van der Waals surface area contributed by atoms with Crippen LogP contribution in [0.2, 0.25) is 5.02 Å². The van der Waals surface area contributed by atoms with Crippen LogP contribution in [-0.4, -0.2) is 36.4 Å². The Kier molecular flexibility index (Phi) is 6.52. The van der Waals surface area contributed by atoms with Gasteiger partial charge in [-0.3, -0.25) is 9.59 Å². The summed E-state index contributed by atoms with van der Waals surface area (Å²) in [6.07, 6.45) is 2.38. The molecule has 1 aromatic heterocycles. The zero-order chi connectivity index (χ0) is 21.6. The molecule has 2 aromatic carbocycles. The number of anilines is 1. The summed E-state index contributed by atoms with van der Waals surface area (Å²) >= 11 is 5.90. The smallest absolute Gasteiger partial charge is 0.239 e. The molecule has 1 aliphatic rings. The maximum Gasteiger partial charge on any atom is 0.239 e. The predicted molar refractivity (Wildman–Crippen MR) is 119 cm³/mol. The van der Waals surface area contributed by atoms with Gasteiger partial charge in [0.1, 0.15) is 0 Å². The topological polar surface area (TPSA) is 87.5 Å². The molecule has 0 saturated carbocycles. The molecule has 0 atom stereocenters. The molecule has 0 radical (unpaired) electrons. The highest BCUT2D eigenvalue weighted by Gasteiger charge is 2.16. The Morgan fingerprint density at radius 2 is 1.94 bits per heavy atom. The molecule has 31 heavy (non-hydrogen) atoms. The van der Waals surface area contributed by atoms with Gasteiger partial charge in [0.15, 0.2) is 11.7 Å². The summed E-state index contributed by atoms with van der Waals surface area (Å²) < 4.78 is 5.73. The second-order valence-corrected chi connectivity index (χ2v) is 7.78. The van der Waals surface area contributed by atoms with E-state index >= 15 is 0 Å². The molecule has 1 aliphatic heterocycles. The molecule has 2 N–H and O–H groups in total. The van der Waals surface area contributed by atoms with E-state index in [-0.39, 0.29) is 11.8 Å². The highest BCUT2D eigenvalue weighted by Crippen LogP contribution is 2.22. The van der Waals surface area contributed by atoms with Crippen molar-refractivity contribution in [1.82, 2.24) is 15.6 Å². The van der Waals surface area contributed by atoms with Crippen LogP contribution in [0.5, 0.6) is 0 Å². The number of nitrogens with one attached hydrogen (secondary N) is 2. The Labute approximate surface area is 185 Å². The standard InChI is InChI=1S/C23H23ClN4O3/c24-18-5-3-17(4-6-18)20-14-27-23(31-20)10-9-21(29)26-13-16-1-7-19(8-2-16)28-12-11-25-22(30)15-28/h1-8,14H,9-13,15H2,(H,25,30)(H,26,29). The van der Waals surface area contributed by atoms with E-state index in [0.29, 0.717) is 49.1 Å². The molecule has 0 unspecified atom stereocenters. The molecule has 2 heterocycles. The van der Waals surface area contributed by atoms with E-state index < -0.39 is 0 Å². The summed E-state index contributed by atoms with van der Waals surface area (Å²) in [6.45, 7) is 2.27. The lowest BCUT2D eigenvalue weighted by molar-refractivity contribution is -0.121. The fourth-order valence-corrected chi connectivity index (χ4v) is 3.49. The number of hydrogen-bond acceptors (Lipinski definition) is 5. The van der Waals surface area contributed by atoms with E-state index in [0.717, 1.165) is 23.4 Å². The highest BCUT2D eigenvalue weighted by atomic mass is 35.5. The second kappa shape index (κ2) is 9.66. The van der Waals surface area contributed by atoms with E-state index in [9.17, 15) is 9.59 Å². The van der Waals surface area contributed by atoms with E-state index in [4.69, 9.17) is 16.0 Å². The second-order valence-electron chi connectivity index (χ2n) is 7.34. The van der Waals surface area contributed by atoms with Gasteiger partial charge in [0, 0.05) is 48.7 Å². The SMILES string of the molecule is O=C(CCc1ncc(-c2ccc(Cl)cc2)o1)NCc1ccc(N2CCNC(=O)C2)cc1. The first-order valence-corrected chi connectivity index (χ1v) is 10.5. The van der Waals surface area contributed by atoms with Gasteiger partial charge in [-0.15, -0.1) is 0 Å². The molecule has 160 valence electrons. The summed E-state index contributed by atoms with van der Waals surface area (Å²) in [4.78, 5) is 30.0. The number of aryl methyl sites for hydroxylation is 1. The number of nitrogens with zero attached hydrogens (tertiary/aromatic N) is 2. The van der Waals surface area contributed by atoms with Crippen molar-refractivity contribution in [3.8, 4) is 11.3 Å². The van der Waals surface area contributed by atoms with Crippen molar-refractivity contribution in [3.05, 3.63) is 71.2 Å². The van der Waals surface area contributed by atoms with Crippen LogP contribution in [0.3, 0.4) is 0 Å². The lowest BCUT2D eigenvalue weighted by Crippen LogP contribution is -2.47. The third-order valence-corrected chi connectivity index (χ3v) is 5.33. The lowest BCUT2D eigenvalue weighted by atomic mass is 10.1. The largest absolute Gasteiger partial charge is 0.441 e. The third kappa shape index (κ3) is 5.64. The van der Waals surface area contributed by atoms with Crippen LogP contribution in [0.1, 0.15) is 17.9 Å². The predicted octanol–water partition coefficient (Wildman–Crippen LogP) is 3.18. The first kappa shape index (κ1) is 20.9. The van der Waals surface area contributed by atoms with Gasteiger partial charge in [0.05, 0.1) is 12.7 Å². The maximum absolute atomic E-state index is 12.2. The van der Waals surface area contributed by atoms with Gasteiger partial charge >= 0.3 is 0 Å². The van der Waals surface area contributed by atoms with Crippen LogP contribution in [-0.2, 0) is 22.6 Å². The number of halogens is 1. The van der Waals surface area contributed by atoms with Gasteiger partial charge < -0.3 is 20.0 Å². The van der Waals surface area contributed by atoms with Crippen LogP contribution in [0.25, 0.3) is 11.3 Å². The van der Waals surface area contributed by atoms with Crippen molar-refractivity contribution < 1.29 is 14.0 Å². The molecule has 7 nitrogen and oxygen atoms in total. The van der Waals surface area contributed by atoms with E-state index in [1.165, 1.54) is 0 Å². The van der Waals surface area contributed by atoms with Crippen LogP contribution < -0.4 is 15.5 Å².